The van der Waals surface area contributed by atoms with Gasteiger partial charge in [-0.15, -0.1) is 23.7 Å². The minimum atomic E-state index is -0.470. The highest BCUT2D eigenvalue weighted by Gasteiger charge is 2.33. The van der Waals surface area contributed by atoms with Crippen LogP contribution >= 0.6 is 23.7 Å². The van der Waals surface area contributed by atoms with E-state index in [1.165, 1.54) is 40.3 Å². The number of carbonyl (C=O) groups is 1. The molecule has 0 bridgehead atoms. The molecule has 0 fully saturated rings. The number of non-ortho nitro benzene ring substituents is 1. The molecule has 0 unspecified atom stereocenters. The van der Waals surface area contributed by atoms with Gasteiger partial charge in [-0.25, -0.2) is 0 Å². The molecule has 4 rings (SSSR count). The van der Waals surface area contributed by atoms with Crippen LogP contribution in [0.2, 0.25) is 0 Å². The molecule has 0 radical (unpaired) electrons. The van der Waals surface area contributed by atoms with Gasteiger partial charge in [0.25, 0.3) is 11.6 Å². The van der Waals surface area contributed by atoms with Crippen molar-refractivity contribution in [2.75, 3.05) is 13.1 Å². The third-order valence-electron chi connectivity index (χ3n) is 5.55. The lowest BCUT2D eigenvalue weighted by Crippen LogP contribution is -2.45. The summed E-state index contributed by atoms with van der Waals surface area (Å²) in [5, 5.41) is 15.9. The van der Waals surface area contributed by atoms with Crippen molar-refractivity contribution in [3.8, 4) is 0 Å². The predicted octanol–water partition coefficient (Wildman–Crippen LogP) is 4.84. The minimum Gasteiger partial charge on any atom is -0.351 e. The summed E-state index contributed by atoms with van der Waals surface area (Å²) in [7, 11) is 0. The first-order chi connectivity index (χ1) is 14.5. The van der Waals surface area contributed by atoms with Gasteiger partial charge in [0, 0.05) is 41.7 Å². The van der Waals surface area contributed by atoms with Gasteiger partial charge in [0.05, 0.1) is 11.0 Å². The number of fused-ring (bicyclic) bond motifs is 1. The largest absolute Gasteiger partial charge is 0.351 e. The molecule has 3 aromatic rings. The predicted molar refractivity (Wildman–Crippen MR) is 125 cm³/mol. The van der Waals surface area contributed by atoms with Gasteiger partial charge in [-0.05, 0) is 48.1 Å². The van der Waals surface area contributed by atoms with Crippen LogP contribution in [0.15, 0.2) is 66.0 Å². The number of nitrogens with one attached hydrogen (secondary N) is 1. The minimum absolute atomic E-state index is 0. The Labute approximate surface area is 191 Å². The van der Waals surface area contributed by atoms with E-state index in [0.29, 0.717) is 18.2 Å². The van der Waals surface area contributed by atoms with E-state index < -0.39 is 4.92 Å². The SMILES string of the molecule is C[C@@H]1Cc2ccsc2[C@@H](c2ccccc2)N1CCNC(=O)c1ccc([N+](=O)[O-])cc1.Cl. The maximum atomic E-state index is 12.5. The summed E-state index contributed by atoms with van der Waals surface area (Å²) >= 11 is 1.79. The van der Waals surface area contributed by atoms with Crippen LogP contribution in [-0.2, 0) is 6.42 Å². The van der Waals surface area contributed by atoms with E-state index in [2.05, 4.69) is 52.9 Å². The van der Waals surface area contributed by atoms with E-state index in [0.717, 1.165) is 13.0 Å². The molecule has 0 aliphatic carbocycles. The quantitative estimate of drug-likeness (QED) is 0.424. The number of benzene rings is 2. The first-order valence-electron chi connectivity index (χ1n) is 9.94. The molecule has 1 N–H and O–H groups in total. The molecular weight excluding hydrogens is 434 g/mol. The van der Waals surface area contributed by atoms with Crippen molar-refractivity contribution in [3.63, 3.8) is 0 Å². The van der Waals surface area contributed by atoms with E-state index in [1.54, 1.807) is 11.3 Å². The van der Waals surface area contributed by atoms with E-state index >= 15 is 0 Å². The van der Waals surface area contributed by atoms with Crippen molar-refractivity contribution in [2.45, 2.75) is 25.4 Å². The van der Waals surface area contributed by atoms with Gasteiger partial charge in [-0.3, -0.25) is 19.8 Å². The molecule has 2 aromatic carbocycles. The molecule has 1 amide bonds. The summed E-state index contributed by atoms with van der Waals surface area (Å²) in [5.74, 6) is -0.220. The molecule has 6 nitrogen and oxygen atoms in total. The lowest BCUT2D eigenvalue weighted by molar-refractivity contribution is -0.384. The van der Waals surface area contributed by atoms with Crippen LogP contribution in [0.25, 0.3) is 0 Å². The van der Waals surface area contributed by atoms with Gasteiger partial charge in [-0.1, -0.05) is 30.3 Å². The average Bonchev–Trinajstić information content (AvgIpc) is 3.22. The molecule has 2 atom stereocenters. The first-order valence-corrected chi connectivity index (χ1v) is 10.8. The van der Waals surface area contributed by atoms with Gasteiger partial charge in [0.2, 0.25) is 0 Å². The van der Waals surface area contributed by atoms with Gasteiger partial charge >= 0.3 is 0 Å². The normalized spacial score (nSPS) is 18.0. The van der Waals surface area contributed by atoms with Crippen molar-refractivity contribution in [2.24, 2.45) is 0 Å². The Kier molecular flexibility index (Phi) is 7.43. The maximum Gasteiger partial charge on any atom is 0.269 e. The second-order valence-electron chi connectivity index (χ2n) is 7.47. The Hall–Kier alpha value is -2.74. The van der Waals surface area contributed by atoms with Crippen LogP contribution in [0.3, 0.4) is 0 Å². The Morgan fingerprint density at radius 2 is 1.87 bits per heavy atom. The fourth-order valence-electron chi connectivity index (χ4n) is 4.06. The lowest BCUT2D eigenvalue weighted by Gasteiger charge is -2.41. The molecule has 1 aliphatic rings. The highest BCUT2D eigenvalue weighted by Crippen LogP contribution is 2.40. The van der Waals surface area contributed by atoms with E-state index in [-0.39, 0.29) is 30.0 Å². The summed E-state index contributed by atoms with van der Waals surface area (Å²) in [6.45, 7) is 3.45. The van der Waals surface area contributed by atoms with E-state index in [4.69, 9.17) is 0 Å². The van der Waals surface area contributed by atoms with Crippen LogP contribution < -0.4 is 5.32 Å². The third-order valence-corrected chi connectivity index (χ3v) is 6.56. The molecule has 1 aromatic heterocycles. The number of thiophene rings is 1. The number of amides is 1. The number of nitro benzene ring substituents is 1. The number of nitrogens with zero attached hydrogens (tertiary/aromatic N) is 2. The third kappa shape index (κ3) is 4.95. The summed E-state index contributed by atoms with van der Waals surface area (Å²) < 4.78 is 0. The number of hydrogen-bond donors (Lipinski definition) is 1. The van der Waals surface area contributed by atoms with Gasteiger partial charge in [-0.2, -0.15) is 0 Å². The van der Waals surface area contributed by atoms with Gasteiger partial charge < -0.3 is 5.32 Å². The Morgan fingerprint density at radius 3 is 2.55 bits per heavy atom. The lowest BCUT2D eigenvalue weighted by atomic mass is 9.91. The Bertz CT molecular complexity index is 1040. The standard InChI is InChI=1S/C23H23N3O3S.ClH/c1-16-15-19-11-14-30-22(19)21(17-5-3-2-4-6-17)25(16)13-12-24-23(27)18-7-9-20(10-8-18)26(28)29;/h2-11,14,16,21H,12-13,15H2,1H3,(H,24,27);1H/t16-,21-;/m1./s1. The van der Waals surface area contributed by atoms with Crippen LogP contribution in [0.4, 0.5) is 5.69 Å². The molecular formula is C23H24ClN3O3S. The zero-order chi connectivity index (χ0) is 21.1. The van der Waals surface area contributed by atoms with Crippen molar-refractivity contribution in [1.82, 2.24) is 10.2 Å². The van der Waals surface area contributed by atoms with Crippen molar-refractivity contribution < 1.29 is 9.72 Å². The zero-order valence-corrected chi connectivity index (χ0v) is 18.7. The second-order valence-corrected chi connectivity index (χ2v) is 8.42. The molecule has 8 heteroatoms. The van der Waals surface area contributed by atoms with Crippen LogP contribution in [0.1, 0.15) is 39.3 Å². The first kappa shape index (κ1) is 22.9. The fourth-order valence-corrected chi connectivity index (χ4v) is 5.14. The average molecular weight is 458 g/mol. The highest BCUT2D eigenvalue weighted by molar-refractivity contribution is 7.10. The molecule has 162 valence electrons. The van der Waals surface area contributed by atoms with E-state index in [9.17, 15) is 14.9 Å². The smallest absolute Gasteiger partial charge is 0.269 e. The van der Waals surface area contributed by atoms with Crippen LogP contribution in [-0.4, -0.2) is 34.9 Å². The highest BCUT2D eigenvalue weighted by atomic mass is 35.5. The monoisotopic (exact) mass is 457 g/mol. The molecule has 31 heavy (non-hydrogen) atoms. The molecule has 0 saturated carbocycles. The number of nitro groups is 1. The van der Waals surface area contributed by atoms with Crippen molar-refractivity contribution in [1.29, 1.82) is 0 Å². The molecule has 2 heterocycles. The van der Waals surface area contributed by atoms with Gasteiger partial charge in [0.15, 0.2) is 0 Å². The number of rotatable bonds is 6. The molecule has 1 aliphatic heterocycles. The molecule has 0 saturated heterocycles. The summed E-state index contributed by atoms with van der Waals surface area (Å²) in [5.41, 5.74) is 3.07. The molecule has 0 spiro atoms. The van der Waals surface area contributed by atoms with Crippen LogP contribution in [0.5, 0.6) is 0 Å². The number of carbonyl (C=O) groups excluding carboxylic acids is 1. The Balaban J connectivity index is 0.00000272. The number of hydrogen-bond acceptors (Lipinski definition) is 5. The van der Waals surface area contributed by atoms with Crippen LogP contribution in [0, 0.1) is 10.1 Å². The zero-order valence-electron chi connectivity index (χ0n) is 17.1. The maximum absolute atomic E-state index is 12.5. The van der Waals surface area contributed by atoms with Crippen molar-refractivity contribution >= 4 is 35.3 Å². The van der Waals surface area contributed by atoms with Crippen molar-refractivity contribution in [3.05, 3.63) is 97.7 Å². The summed E-state index contributed by atoms with van der Waals surface area (Å²) in [6, 6.07) is 18.9. The van der Waals surface area contributed by atoms with E-state index in [1.807, 2.05) is 6.07 Å². The number of halogens is 1. The summed E-state index contributed by atoms with van der Waals surface area (Å²) in [6.07, 6.45) is 0.998. The summed E-state index contributed by atoms with van der Waals surface area (Å²) in [4.78, 5) is 26.6. The van der Waals surface area contributed by atoms with Gasteiger partial charge in [0.1, 0.15) is 0 Å². The fraction of sp³-hybridized carbons (Fsp3) is 0.261. The second kappa shape index (κ2) is 10.0. The Morgan fingerprint density at radius 1 is 1.16 bits per heavy atom. The topological polar surface area (TPSA) is 75.5 Å².